The highest BCUT2D eigenvalue weighted by molar-refractivity contribution is 5.10. The van der Waals surface area contributed by atoms with Gasteiger partial charge in [0.15, 0.2) is 6.29 Å². The van der Waals surface area contributed by atoms with Gasteiger partial charge in [-0.3, -0.25) is 0 Å². The lowest BCUT2D eigenvalue weighted by atomic mass is 9.44. The van der Waals surface area contributed by atoms with Gasteiger partial charge in [0, 0.05) is 0 Å². The van der Waals surface area contributed by atoms with Crippen molar-refractivity contribution in [2.24, 2.45) is 58.2 Å². The molecule has 0 aromatic heterocycles. The lowest BCUT2D eigenvalue weighted by Gasteiger charge is -2.61. The summed E-state index contributed by atoms with van der Waals surface area (Å²) in [6, 6.07) is 0. The fourth-order valence-corrected chi connectivity index (χ4v) is 11.3. The first-order valence-corrected chi connectivity index (χ1v) is 17.4. The molecule has 1 aliphatic heterocycles. The van der Waals surface area contributed by atoms with Gasteiger partial charge in [0.25, 0.3) is 0 Å². The molecule has 0 aromatic rings. The molecule has 4 saturated carbocycles. The fourth-order valence-electron chi connectivity index (χ4n) is 11.3. The highest BCUT2D eigenvalue weighted by Crippen LogP contribution is 2.68. The summed E-state index contributed by atoms with van der Waals surface area (Å²) in [6.07, 6.45) is 9.30. The molecule has 0 unspecified atom stereocenters. The van der Waals surface area contributed by atoms with Crippen LogP contribution < -0.4 is 0 Å². The number of ether oxygens (including phenoxy) is 2. The molecule has 41 heavy (non-hydrogen) atoms. The van der Waals surface area contributed by atoms with Crippen molar-refractivity contribution in [2.75, 3.05) is 6.61 Å². The van der Waals surface area contributed by atoms with Crippen LogP contribution in [-0.4, -0.2) is 63.8 Å². The number of aliphatic hydroxyl groups is 4. The Labute approximate surface area is 250 Å². The first kappa shape index (κ1) is 32.2. The Morgan fingerprint density at radius 1 is 0.805 bits per heavy atom. The minimum atomic E-state index is -1.50. The summed E-state index contributed by atoms with van der Waals surface area (Å²) < 4.78 is 11.6. The zero-order chi connectivity index (χ0) is 29.7. The molecule has 4 aliphatic carbocycles. The van der Waals surface area contributed by atoms with Gasteiger partial charge in [-0.15, -0.1) is 0 Å². The first-order chi connectivity index (χ1) is 19.4. The summed E-state index contributed by atoms with van der Waals surface area (Å²) in [4.78, 5) is 0. The maximum absolute atomic E-state index is 10.3. The van der Waals surface area contributed by atoms with Gasteiger partial charge in [-0.05, 0) is 122 Å². The molecule has 5 fully saturated rings. The van der Waals surface area contributed by atoms with E-state index in [2.05, 4.69) is 41.5 Å². The second-order valence-electron chi connectivity index (χ2n) is 16.1. The monoisotopic (exact) mass is 578 g/mol. The predicted molar refractivity (Wildman–Crippen MR) is 161 cm³/mol. The van der Waals surface area contributed by atoms with E-state index in [1.807, 2.05) is 0 Å². The number of rotatable bonds is 9. The topological polar surface area (TPSA) is 99.4 Å². The van der Waals surface area contributed by atoms with Gasteiger partial charge in [-0.1, -0.05) is 54.4 Å². The molecule has 0 radical (unpaired) electrons. The van der Waals surface area contributed by atoms with E-state index in [0.717, 1.165) is 54.3 Å². The Morgan fingerprint density at radius 2 is 1.51 bits per heavy atom. The summed E-state index contributed by atoms with van der Waals surface area (Å²) in [6.45, 7) is 15.2. The predicted octanol–water partition coefficient (Wildman–Crippen LogP) is 5.93. The third-order valence-electron chi connectivity index (χ3n) is 14.0. The summed E-state index contributed by atoms with van der Waals surface area (Å²) >= 11 is 0. The van der Waals surface area contributed by atoms with Crippen LogP contribution in [0.5, 0.6) is 0 Å². The Kier molecular flexibility index (Phi) is 9.91. The van der Waals surface area contributed by atoms with E-state index in [1.54, 1.807) is 0 Å². The Hall–Kier alpha value is -0.240. The molecular weight excluding hydrogens is 516 g/mol. The van der Waals surface area contributed by atoms with Crippen LogP contribution in [0.1, 0.15) is 119 Å². The van der Waals surface area contributed by atoms with Crippen molar-refractivity contribution in [1.82, 2.24) is 0 Å². The fraction of sp³-hybridized carbons (Fsp3) is 1.00. The van der Waals surface area contributed by atoms with Gasteiger partial charge in [0.2, 0.25) is 0 Å². The van der Waals surface area contributed by atoms with Gasteiger partial charge in [-0.25, -0.2) is 0 Å². The first-order valence-electron chi connectivity index (χ1n) is 17.4. The smallest absolute Gasteiger partial charge is 0.184 e. The minimum Gasteiger partial charge on any atom is -0.387 e. The summed E-state index contributed by atoms with van der Waals surface area (Å²) in [5, 5.41) is 40.0. The van der Waals surface area contributed by atoms with Crippen LogP contribution in [-0.2, 0) is 9.47 Å². The van der Waals surface area contributed by atoms with Gasteiger partial charge in [0.1, 0.15) is 24.4 Å². The zero-order valence-electron chi connectivity index (χ0n) is 26.9. The van der Waals surface area contributed by atoms with Crippen LogP contribution in [0, 0.1) is 58.2 Å². The third kappa shape index (κ3) is 5.93. The molecule has 0 bridgehead atoms. The van der Waals surface area contributed by atoms with Crippen molar-refractivity contribution in [3.05, 3.63) is 0 Å². The SMILES string of the molecule is CC[C@H](CC[C@@H](C)[C@H]1CC[C@@H]2[C@@H]3CC[C@H]4C[C@@H](OC[C@@H]5O[C@H](O)[C@@H](O)[C@H](O)[C@H]5O)CC[C@]4(C)[C@H]3CC[C@@]21C)C(C)C. The standard InChI is InChI=1S/C35H62O6/c1-7-22(20(2)3)9-8-21(4)26-12-13-27-25-11-10-23-18-24(14-16-34(23,5)28(25)15-17-35(26,27)6)40-19-29-30(36)31(37)32(38)33(39)41-29/h20-33,36-39H,7-19H2,1-6H3/t21-,22-,23+,24+,25+,26-,27-,28+,29+,30+,31-,32+,33+,34+,35-/m1/s1. The van der Waals surface area contributed by atoms with Gasteiger partial charge >= 0.3 is 0 Å². The highest BCUT2D eigenvalue weighted by Gasteiger charge is 2.60. The number of fused-ring (bicyclic) bond motifs is 5. The van der Waals surface area contributed by atoms with Crippen molar-refractivity contribution < 1.29 is 29.9 Å². The van der Waals surface area contributed by atoms with Crippen LogP contribution in [0.2, 0.25) is 0 Å². The number of hydrogen-bond acceptors (Lipinski definition) is 6. The molecular formula is C35H62O6. The molecule has 0 amide bonds. The quantitative estimate of drug-likeness (QED) is 0.271. The second-order valence-corrected chi connectivity index (χ2v) is 16.1. The molecule has 15 atom stereocenters. The van der Waals surface area contributed by atoms with E-state index < -0.39 is 30.7 Å². The van der Waals surface area contributed by atoms with E-state index >= 15 is 0 Å². The van der Waals surface area contributed by atoms with E-state index in [4.69, 9.17) is 9.47 Å². The van der Waals surface area contributed by atoms with Crippen LogP contribution >= 0.6 is 0 Å². The van der Waals surface area contributed by atoms with Crippen LogP contribution in [0.25, 0.3) is 0 Å². The summed E-state index contributed by atoms with van der Waals surface area (Å²) in [5.74, 6) is 6.67. The maximum atomic E-state index is 10.3. The Bertz CT molecular complexity index is 866. The maximum Gasteiger partial charge on any atom is 0.184 e. The molecule has 0 spiro atoms. The van der Waals surface area contributed by atoms with Crippen LogP contribution in [0.4, 0.5) is 0 Å². The molecule has 0 aromatic carbocycles. The second kappa shape index (κ2) is 12.6. The van der Waals surface area contributed by atoms with E-state index in [9.17, 15) is 20.4 Å². The third-order valence-corrected chi connectivity index (χ3v) is 14.0. The average molecular weight is 579 g/mol. The van der Waals surface area contributed by atoms with Crippen molar-refractivity contribution >= 4 is 0 Å². The van der Waals surface area contributed by atoms with Gasteiger partial charge in [0.05, 0.1) is 12.7 Å². The average Bonchev–Trinajstić information content (AvgIpc) is 3.30. The molecule has 1 saturated heterocycles. The molecule has 1 heterocycles. The zero-order valence-corrected chi connectivity index (χ0v) is 26.9. The number of aliphatic hydroxyl groups excluding tert-OH is 4. The van der Waals surface area contributed by atoms with Crippen molar-refractivity contribution in [3.8, 4) is 0 Å². The van der Waals surface area contributed by atoms with Crippen LogP contribution in [0.15, 0.2) is 0 Å². The largest absolute Gasteiger partial charge is 0.387 e. The van der Waals surface area contributed by atoms with Crippen molar-refractivity contribution in [1.29, 1.82) is 0 Å². The Balaban J connectivity index is 1.17. The lowest BCUT2D eigenvalue weighted by molar-refractivity contribution is -0.291. The molecule has 238 valence electrons. The summed E-state index contributed by atoms with van der Waals surface area (Å²) in [7, 11) is 0. The number of hydrogen-bond donors (Lipinski definition) is 4. The molecule has 5 aliphatic rings. The van der Waals surface area contributed by atoms with E-state index in [1.165, 1.54) is 64.2 Å². The highest BCUT2D eigenvalue weighted by atomic mass is 16.6. The normalized spacial score (nSPS) is 49.7. The van der Waals surface area contributed by atoms with Crippen molar-refractivity contribution in [3.63, 3.8) is 0 Å². The molecule has 5 rings (SSSR count). The van der Waals surface area contributed by atoms with Crippen molar-refractivity contribution in [2.45, 2.75) is 155 Å². The lowest BCUT2D eigenvalue weighted by Crippen LogP contribution is -2.59. The minimum absolute atomic E-state index is 0.116. The molecule has 6 nitrogen and oxygen atoms in total. The Morgan fingerprint density at radius 3 is 2.22 bits per heavy atom. The van der Waals surface area contributed by atoms with Gasteiger partial charge < -0.3 is 29.9 Å². The van der Waals surface area contributed by atoms with E-state index in [-0.39, 0.29) is 12.7 Å². The molecule has 6 heteroatoms. The summed E-state index contributed by atoms with van der Waals surface area (Å²) in [5.41, 5.74) is 0.907. The van der Waals surface area contributed by atoms with Crippen LogP contribution in [0.3, 0.4) is 0 Å². The van der Waals surface area contributed by atoms with E-state index in [0.29, 0.717) is 16.7 Å². The molecule has 4 N–H and O–H groups in total. The van der Waals surface area contributed by atoms with Gasteiger partial charge in [-0.2, -0.15) is 0 Å².